The highest BCUT2D eigenvalue weighted by atomic mass is 32.2. The zero-order chi connectivity index (χ0) is 15.7. The van der Waals surface area contributed by atoms with Crippen molar-refractivity contribution >= 4 is 17.7 Å². The highest BCUT2D eigenvalue weighted by Crippen LogP contribution is 2.46. The maximum atomic E-state index is 11.4. The number of carboxylic acids is 1. The molecule has 0 spiro atoms. The van der Waals surface area contributed by atoms with Crippen molar-refractivity contribution in [3.05, 3.63) is 48.3 Å². The third-order valence-electron chi connectivity index (χ3n) is 3.93. The lowest BCUT2D eigenvalue weighted by Gasteiger charge is -2.25. The van der Waals surface area contributed by atoms with Crippen LogP contribution in [0.3, 0.4) is 0 Å². The van der Waals surface area contributed by atoms with Gasteiger partial charge in [-0.05, 0) is 18.2 Å². The first kappa shape index (κ1) is 17.5. The summed E-state index contributed by atoms with van der Waals surface area (Å²) in [5, 5.41) is 21.0. The second-order valence-electron chi connectivity index (χ2n) is 5.44. The van der Waals surface area contributed by atoms with Crippen LogP contribution in [0, 0.1) is 0 Å². The molecule has 3 rings (SSSR count). The lowest BCUT2D eigenvalue weighted by Crippen LogP contribution is -2.41. The van der Waals surface area contributed by atoms with Crippen LogP contribution in [0.4, 0.5) is 0 Å². The molecule has 0 radical (unpaired) electrons. The van der Waals surface area contributed by atoms with Gasteiger partial charge in [-0.15, -0.1) is 0 Å². The maximum absolute atomic E-state index is 11.4. The molecule has 0 saturated carbocycles. The van der Waals surface area contributed by atoms with Crippen molar-refractivity contribution < 1.29 is 25.1 Å². The molecule has 0 amide bonds. The number of aromatic nitrogens is 2. The van der Waals surface area contributed by atoms with Crippen LogP contribution < -0.4 is 4.57 Å². The van der Waals surface area contributed by atoms with E-state index in [0.717, 1.165) is 18.1 Å². The number of benzene rings is 1. The molecule has 2 aromatic rings. The molecule has 1 aliphatic rings. The van der Waals surface area contributed by atoms with Crippen LogP contribution in [0.15, 0.2) is 47.9 Å². The molecule has 0 aliphatic carbocycles. The molecule has 7 heteroatoms. The molecule has 0 fully saturated rings. The first-order valence-electron chi connectivity index (χ1n) is 7.35. The topological polar surface area (TPSA) is 96.3 Å². The molecule has 3 N–H and O–H groups in total. The van der Waals surface area contributed by atoms with Crippen LogP contribution in [0.25, 0.3) is 0 Å². The highest BCUT2D eigenvalue weighted by Gasteiger charge is 2.55. The normalized spacial score (nSPS) is 22.4. The Labute approximate surface area is 138 Å². The van der Waals surface area contributed by atoms with Crippen LogP contribution in [0.5, 0.6) is 0 Å². The van der Waals surface area contributed by atoms with Gasteiger partial charge in [0, 0.05) is 5.56 Å². The van der Waals surface area contributed by atoms with Gasteiger partial charge in [0.05, 0.1) is 13.0 Å². The van der Waals surface area contributed by atoms with E-state index in [-0.39, 0.29) is 11.9 Å². The van der Waals surface area contributed by atoms with Gasteiger partial charge in [0.2, 0.25) is 0 Å². The average Bonchev–Trinajstić information content (AvgIpc) is 3.01. The van der Waals surface area contributed by atoms with E-state index in [9.17, 15) is 15.0 Å². The van der Waals surface area contributed by atoms with Crippen molar-refractivity contribution in [2.45, 2.75) is 42.4 Å². The summed E-state index contributed by atoms with van der Waals surface area (Å²) in [6.07, 6.45) is 4.67. The van der Waals surface area contributed by atoms with Crippen LogP contribution in [-0.2, 0) is 17.1 Å². The van der Waals surface area contributed by atoms with Crippen molar-refractivity contribution in [1.29, 1.82) is 0 Å². The molecule has 1 aromatic heterocycles. The third kappa shape index (κ3) is 2.87. The van der Waals surface area contributed by atoms with E-state index in [1.54, 1.807) is 4.57 Å². The van der Waals surface area contributed by atoms with Gasteiger partial charge in [-0.1, -0.05) is 37.3 Å². The highest BCUT2D eigenvalue weighted by molar-refractivity contribution is 8.00. The van der Waals surface area contributed by atoms with Crippen molar-refractivity contribution in [3.63, 3.8) is 0 Å². The van der Waals surface area contributed by atoms with E-state index in [1.165, 1.54) is 11.8 Å². The second kappa shape index (κ2) is 6.74. The molecular formula is C16H20N2O4S. The zero-order valence-corrected chi connectivity index (χ0v) is 13.6. The van der Waals surface area contributed by atoms with Crippen LogP contribution in [0.2, 0.25) is 0 Å². The van der Waals surface area contributed by atoms with Gasteiger partial charge in [0.25, 0.3) is 5.72 Å². The Kier molecular flexibility index (Phi) is 5.13. The smallest absolute Gasteiger partial charge is 0.321 e. The quantitative estimate of drug-likeness (QED) is 0.809. The van der Waals surface area contributed by atoms with Crippen LogP contribution >= 0.6 is 11.8 Å². The van der Waals surface area contributed by atoms with E-state index in [1.807, 2.05) is 42.7 Å². The van der Waals surface area contributed by atoms with Gasteiger partial charge in [-0.3, -0.25) is 4.79 Å². The molecule has 0 saturated heterocycles. The minimum atomic E-state index is -1.33. The Morgan fingerprint density at radius 3 is 2.70 bits per heavy atom. The van der Waals surface area contributed by atoms with Gasteiger partial charge in [0.1, 0.15) is 17.6 Å². The van der Waals surface area contributed by atoms with Crippen molar-refractivity contribution in [1.82, 2.24) is 4.57 Å². The van der Waals surface area contributed by atoms with E-state index in [0.29, 0.717) is 5.56 Å². The summed E-state index contributed by atoms with van der Waals surface area (Å²) in [6.45, 7) is 2.94. The lowest BCUT2D eigenvalue weighted by molar-refractivity contribution is -0.733. The largest absolute Gasteiger partial charge is 0.870 e. The number of nitrogens with zero attached hydrogens (tertiary/aromatic N) is 2. The first-order valence-corrected chi connectivity index (χ1v) is 8.23. The zero-order valence-electron chi connectivity index (χ0n) is 12.8. The fourth-order valence-corrected chi connectivity index (χ4v) is 4.42. The molecule has 1 aromatic carbocycles. The number of hydrogen-bond acceptors (Lipinski definition) is 4. The Balaban J connectivity index is 0.00000192. The standard InChI is InChI=1S/C16H18N2O3S.H2O/c1-2-8-17-9-10-18-15(17)22-13(11-14(19)20)16(18,21)12-6-4-3-5-7-12;/h3-7,9-10,13,21H,2,8,11H2,1H3;1H2. The molecule has 124 valence electrons. The minimum absolute atomic E-state index is 0. The van der Waals surface area contributed by atoms with Gasteiger partial charge in [-0.2, -0.15) is 4.57 Å². The van der Waals surface area contributed by atoms with E-state index in [4.69, 9.17) is 0 Å². The number of aryl methyl sites for hydroxylation is 1. The van der Waals surface area contributed by atoms with E-state index >= 15 is 0 Å². The Hall–Kier alpha value is -1.83. The second-order valence-corrected chi connectivity index (χ2v) is 6.61. The predicted molar refractivity (Wildman–Crippen MR) is 84.5 cm³/mol. The van der Waals surface area contributed by atoms with E-state index < -0.39 is 16.9 Å². The number of hydrogen-bond donors (Lipinski definition) is 2. The maximum Gasteiger partial charge on any atom is 0.321 e. The molecule has 2 atom stereocenters. The van der Waals surface area contributed by atoms with Crippen molar-refractivity contribution in [3.8, 4) is 0 Å². The van der Waals surface area contributed by atoms with Crippen LogP contribution in [-0.4, -0.2) is 31.5 Å². The van der Waals surface area contributed by atoms with E-state index in [2.05, 4.69) is 11.5 Å². The minimum Gasteiger partial charge on any atom is -0.870 e. The monoisotopic (exact) mass is 336 g/mol. The number of aliphatic carboxylic acids is 1. The average molecular weight is 336 g/mol. The summed E-state index contributed by atoms with van der Waals surface area (Å²) in [7, 11) is 0. The SMILES string of the molecule is CCC[n+]1ccn2c1SC(CC(=O)O)C2(O)c1ccccc1.[OH-]. The summed E-state index contributed by atoms with van der Waals surface area (Å²) in [5.74, 6) is -0.903. The molecule has 0 bridgehead atoms. The van der Waals surface area contributed by atoms with Crippen molar-refractivity contribution in [2.75, 3.05) is 0 Å². The lowest BCUT2D eigenvalue weighted by atomic mass is 9.97. The van der Waals surface area contributed by atoms with Gasteiger partial charge < -0.3 is 15.7 Å². The molecule has 1 aliphatic heterocycles. The summed E-state index contributed by atoms with van der Waals surface area (Å²) < 4.78 is 3.87. The number of carboxylic acid groups (broad SMARTS) is 1. The van der Waals surface area contributed by atoms with Gasteiger partial charge >= 0.3 is 11.1 Å². The third-order valence-corrected chi connectivity index (χ3v) is 5.36. The Morgan fingerprint density at radius 2 is 2.09 bits per heavy atom. The number of fused-ring (bicyclic) bond motifs is 1. The number of carbonyl (C=O) groups is 1. The molecule has 2 heterocycles. The van der Waals surface area contributed by atoms with Gasteiger partial charge in [-0.25, -0.2) is 4.57 Å². The van der Waals surface area contributed by atoms with Gasteiger partial charge in [0.15, 0.2) is 0 Å². The fraction of sp³-hybridized carbons (Fsp3) is 0.375. The first-order chi connectivity index (χ1) is 10.6. The van der Waals surface area contributed by atoms with Crippen molar-refractivity contribution in [2.24, 2.45) is 0 Å². The van der Waals surface area contributed by atoms with Crippen LogP contribution in [0.1, 0.15) is 25.3 Å². The summed E-state index contributed by atoms with van der Waals surface area (Å²) in [6, 6.07) is 9.28. The fourth-order valence-electron chi connectivity index (χ4n) is 2.92. The Morgan fingerprint density at radius 1 is 1.39 bits per heavy atom. The summed E-state index contributed by atoms with van der Waals surface area (Å²) in [4.78, 5) is 11.2. The number of imidazole rings is 1. The molecule has 23 heavy (non-hydrogen) atoms. The molecular weight excluding hydrogens is 316 g/mol. The molecule has 6 nitrogen and oxygen atoms in total. The number of thioether (sulfide) groups is 1. The summed E-state index contributed by atoms with van der Waals surface area (Å²) >= 11 is 1.43. The summed E-state index contributed by atoms with van der Waals surface area (Å²) in [5.41, 5.74) is -0.620. The number of rotatable bonds is 5. The predicted octanol–water partition coefficient (Wildman–Crippen LogP) is 1.65. The molecule has 2 unspecified atom stereocenters. The Bertz CT molecular complexity index is 689. The number of aliphatic hydroxyl groups is 1.